The van der Waals surface area contributed by atoms with Crippen LogP contribution in [0.1, 0.15) is 30.5 Å². The van der Waals surface area contributed by atoms with E-state index in [0.29, 0.717) is 0 Å². The molecular weight excluding hydrogens is 381 g/mol. The minimum atomic E-state index is 0.00463. The molecule has 1 unspecified atom stereocenters. The maximum absolute atomic E-state index is 9.70. The van der Waals surface area contributed by atoms with Crippen molar-refractivity contribution < 1.29 is 14.4 Å². The van der Waals surface area contributed by atoms with Gasteiger partial charge in [0.05, 0.1) is 0 Å². The molecule has 0 heterocycles. The van der Waals surface area contributed by atoms with Crippen molar-refractivity contribution in [1.29, 1.82) is 0 Å². The van der Waals surface area contributed by atoms with Crippen LogP contribution in [0.5, 0.6) is 0 Å². The molecule has 0 aliphatic rings. The van der Waals surface area contributed by atoms with Crippen LogP contribution >= 0.6 is 8.58 Å². The Morgan fingerprint density at radius 3 is 1.69 bits per heavy atom. The number of allylic oxidation sites excluding steroid dienone is 3. The average Bonchev–Trinajstić information content (AvgIpc) is 2.78. The molecule has 1 amide bonds. The molecule has 1 N–H and O–H groups in total. The smallest absolute Gasteiger partial charge is 0.216 e. The third-order valence-electron chi connectivity index (χ3n) is 3.87. The van der Waals surface area contributed by atoms with Crippen molar-refractivity contribution in [2.75, 3.05) is 13.7 Å². The van der Waals surface area contributed by atoms with Gasteiger partial charge < -0.3 is 14.9 Å². The molecule has 156 valence electrons. The molecule has 1 atom stereocenters. The zero-order valence-electron chi connectivity index (χ0n) is 18.0. The van der Waals surface area contributed by atoms with E-state index >= 15 is 0 Å². The monoisotopic (exact) mass is 413 g/mol. The maximum atomic E-state index is 9.70. The Morgan fingerprint density at radius 1 is 0.862 bits per heavy atom. The highest BCUT2D eigenvalue weighted by Gasteiger charge is 2.11. The molecule has 5 heteroatoms. The first-order valence-electron chi connectivity index (χ1n) is 8.87. The summed E-state index contributed by atoms with van der Waals surface area (Å²) in [5, 5.41) is 3.79. The summed E-state index contributed by atoms with van der Waals surface area (Å²) in [6, 6.07) is 19.2. The highest BCUT2D eigenvalue weighted by atomic mass is 31.1. The van der Waals surface area contributed by atoms with Crippen LogP contribution < -0.4 is 5.32 Å². The van der Waals surface area contributed by atoms with E-state index in [2.05, 4.69) is 80.9 Å². The van der Waals surface area contributed by atoms with E-state index < -0.39 is 0 Å². The van der Waals surface area contributed by atoms with Gasteiger partial charge in [0.2, 0.25) is 5.91 Å². The Kier molecular flexibility index (Phi) is 16.9. The third-order valence-corrected chi connectivity index (χ3v) is 4.87. The molecule has 0 saturated carbocycles. The number of nitrogens with one attached hydrogen (secondary N) is 1. The van der Waals surface area contributed by atoms with Gasteiger partial charge in [-0.2, -0.15) is 0 Å². The molecule has 4 nitrogen and oxygen atoms in total. The predicted octanol–water partition coefficient (Wildman–Crippen LogP) is 5.13. The number of hydrogen-bond acceptors (Lipinski definition) is 3. The number of carbonyl (C=O) groups excluding carboxylic acids is 3. The normalized spacial score (nSPS) is 10.1. The zero-order valence-corrected chi connectivity index (χ0v) is 19.0. The fourth-order valence-electron chi connectivity index (χ4n) is 2.25. The largest absolute Gasteiger partial charge is 0.359 e. The van der Waals surface area contributed by atoms with Crippen molar-refractivity contribution in [3.8, 4) is 0 Å². The van der Waals surface area contributed by atoms with Crippen molar-refractivity contribution in [1.82, 2.24) is 5.32 Å². The van der Waals surface area contributed by atoms with Crippen LogP contribution in [-0.2, 0) is 14.4 Å². The van der Waals surface area contributed by atoms with Gasteiger partial charge in [-0.05, 0) is 48.1 Å². The van der Waals surface area contributed by atoms with E-state index in [4.69, 9.17) is 9.59 Å². The molecule has 0 bridgehead atoms. The Balaban J connectivity index is 0. The van der Waals surface area contributed by atoms with Gasteiger partial charge in [-0.25, -0.2) is 0 Å². The van der Waals surface area contributed by atoms with Gasteiger partial charge in [0.25, 0.3) is 0 Å². The van der Waals surface area contributed by atoms with Crippen LogP contribution in [0.15, 0.2) is 66.5 Å². The lowest BCUT2D eigenvalue weighted by molar-refractivity contribution is -0.118. The third kappa shape index (κ3) is 10.9. The lowest BCUT2D eigenvalue weighted by atomic mass is 9.93. The number of rotatable bonds is 4. The molecule has 29 heavy (non-hydrogen) atoms. The topological polar surface area (TPSA) is 63.2 Å². The first-order valence-corrected chi connectivity index (χ1v) is 10.4. The summed E-state index contributed by atoms with van der Waals surface area (Å²) in [5.74, 6) is 0.00463. The molecule has 2 rings (SSSR count). The van der Waals surface area contributed by atoms with Crippen molar-refractivity contribution in [2.24, 2.45) is 0 Å². The first-order chi connectivity index (χ1) is 13.9. The van der Waals surface area contributed by atoms with E-state index in [1.807, 2.05) is 19.6 Å². The minimum absolute atomic E-state index is 0.00463. The van der Waals surface area contributed by atoms with E-state index in [-0.39, 0.29) is 5.91 Å². The number of hydrogen-bond donors (Lipinski definition) is 1. The van der Waals surface area contributed by atoms with E-state index in [1.165, 1.54) is 34.5 Å². The molecule has 0 spiro atoms. The van der Waals surface area contributed by atoms with Gasteiger partial charge in [-0.15, -0.1) is 0 Å². The fraction of sp³-hybridized carbons (Fsp3) is 0.208. The summed E-state index contributed by atoms with van der Waals surface area (Å²) >= 11 is 0. The van der Waals surface area contributed by atoms with E-state index in [9.17, 15) is 4.79 Å². The van der Waals surface area contributed by atoms with Gasteiger partial charge in [-0.1, -0.05) is 75.3 Å². The highest BCUT2D eigenvalue weighted by molar-refractivity contribution is 7.42. The van der Waals surface area contributed by atoms with Crippen LogP contribution in [0, 0.1) is 6.92 Å². The van der Waals surface area contributed by atoms with Gasteiger partial charge in [-0.3, -0.25) is 4.79 Å². The SMILES string of the molecule is C=C(/C(=C(/C)PC)c1ccc(C)cc1)c1ccccc1.C=O.C=O.CNC(C)=O. The Hall–Kier alpha value is -2.84. The second kappa shape index (κ2) is 17.3. The zero-order chi connectivity index (χ0) is 22.8. The van der Waals surface area contributed by atoms with Crippen LogP contribution in [0.3, 0.4) is 0 Å². The second-order valence-corrected chi connectivity index (χ2v) is 7.02. The quantitative estimate of drug-likeness (QED) is 0.558. The fourth-order valence-corrected chi connectivity index (χ4v) is 2.79. The molecule has 0 aromatic heterocycles. The summed E-state index contributed by atoms with van der Waals surface area (Å²) in [6.07, 6.45) is 0. The number of benzene rings is 2. The van der Waals surface area contributed by atoms with Gasteiger partial charge in [0.15, 0.2) is 0 Å². The molecule has 2 aromatic rings. The Bertz CT molecular complexity index is 766. The van der Waals surface area contributed by atoms with Gasteiger partial charge >= 0.3 is 0 Å². The number of aryl methyl sites for hydroxylation is 1. The standard InChI is InChI=1S/C19H21P.C3H7NO.2CH2O/c1-14-10-12-18(13-11-14)19(16(3)20-4)15(2)17-8-6-5-7-9-17;1-3(5)4-2;2*1-2/h5-13,20H,2H2,1,3-4H3;1-2H3,(H,4,5);2*1H2/b19-16+;;;. The molecule has 0 aliphatic heterocycles. The van der Waals surface area contributed by atoms with Crippen LogP contribution in [-0.4, -0.2) is 33.2 Å². The number of carbonyl (C=O) groups is 3. The molecule has 0 fully saturated rings. The molecule has 0 aliphatic carbocycles. The summed E-state index contributed by atoms with van der Waals surface area (Å²) in [7, 11) is 2.39. The first kappa shape index (κ1) is 28.4. The van der Waals surface area contributed by atoms with E-state index in [1.54, 1.807) is 7.05 Å². The number of amides is 1. The minimum Gasteiger partial charge on any atom is -0.359 e. The van der Waals surface area contributed by atoms with Crippen LogP contribution in [0.25, 0.3) is 11.1 Å². The Labute approximate surface area is 176 Å². The van der Waals surface area contributed by atoms with Crippen LogP contribution in [0.4, 0.5) is 0 Å². The Morgan fingerprint density at radius 2 is 1.31 bits per heavy atom. The predicted molar refractivity (Wildman–Crippen MR) is 127 cm³/mol. The van der Waals surface area contributed by atoms with Crippen molar-refractivity contribution in [3.63, 3.8) is 0 Å². The molecule has 0 saturated heterocycles. The molecule has 0 radical (unpaired) electrons. The summed E-state index contributed by atoms with van der Waals surface area (Å²) in [5.41, 5.74) is 6.14. The van der Waals surface area contributed by atoms with Crippen molar-refractivity contribution in [2.45, 2.75) is 20.8 Å². The van der Waals surface area contributed by atoms with Crippen molar-refractivity contribution >= 4 is 39.2 Å². The van der Waals surface area contributed by atoms with Gasteiger partial charge in [0, 0.05) is 14.0 Å². The highest BCUT2D eigenvalue weighted by Crippen LogP contribution is 2.37. The van der Waals surface area contributed by atoms with Crippen molar-refractivity contribution in [3.05, 3.63) is 83.2 Å². The average molecular weight is 413 g/mol. The molecule has 2 aromatic carbocycles. The summed E-state index contributed by atoms with van der Waals surface area (Å²) in [6.45, 7) is 16.4. The maximum Gasteiger partial charge on any atom is 0.216 e. The van der Waals surface area contributed by atoms with E-state index in [0.717, 1.165) is 14.2 Å². The molecular formula is C24H32NO3P. The lowest BCUT2D eigenvalue weighted by Crippen LogP contribution is -2.11. The summed E-state index contributed by atoms with van der Waals surface area (Å²) in [4.78, 5) is 25.7. The second-order valence-electron chi connectivity index (χ2n) is 5.77. The van der Waals surface area contributed by atoms with Gasteiger partial charge in [0.1, 0.15) is 13.6 Å². The van der Waals surface area contributed by atoms with Crippen LogP contribution in [0.2, 0.25) is 0 Å². The summed E-state index contributed by atoms with van der Waals surface area (Å²) < 4.78 is 0. The lowest BCUT2D eigenvalue weighted by Gasteiger charge is -2.15.